The molecule has 2 aromatic rings. The number of hydrogen-bond acceptors (Lipinski definition) is 2. The number of carbonyl (C=O) groups excluding carboxylic acids is 1. The summed E-state index contributed by atoms with van der Waals surface area (Å²) in [5.74, 6) is 0.817. The summed E-state index contributed by atoms with van der Waals surface area (Å²) in [5.41, 5.74) is 2.54. The Morgan fingerprint density at radius 3 is 2.62 bits per heavy atom. The van der Waals surface area contributed by atoms with Crippen LogP contribution in [0.3, 0.4) is 0 Å². The molecular formula is C16H22N4O. The van der Waals surface area contributed by atoms with E-state index in [0.717, 1.165) is 43.2 Å². The Balaban J connectivity index is 1.84. The Morgan fingerprint density at radius 2 is 2.00 bits per heavy atom. The standard InChI is InChI=1S/C16H22N4O/c1-12-6-9-20(10-7-12)16(21)15-11-13(17-19(15)3)14-5-4-8-18(14)2/h4-5,8,11-12H,6-7,9-10H2,1-3H3. The van der Waals surface area contributed by atoms with Gasteiger partial charge in [-0.2, -0.15) is 5.10 Å². The Labute approximate surface area is 125 Å². The SMILES string of the molecule is CC1CCN(C(=O)c2cc(-c3cccn3C)nn2C)CC1. The van der Waals surface area contributed by atoms with Crippen LogP contribution in [0.4, 0.5) is 0 Å². The molecule has 0 aliphatic carbocycles. The van der Waals surface area contributed by atoms with Crippen molar-refractivity contribution in [1.29, 1.82) is 0 Å². The predicted molar refractivity (Wildman–Crippen MR) is 81.9 cm³/mol. The second-order valence-corrected chi connectivity index (χ2v) is 6.02. The lowest BCUT2D eigenvalue weighted by atomic mass is 9.99. The van der Waals surface area contributed by atoms with Crippen molar-refractivity contribution < 1.29 is 4.79 Å². The van der Waals surface area contributed by atoms with Crippen molar-refractivity contribution >= 4 is 5.91 Å². The summed E-state index contributed by atoms with van der Waals surface area (Å²) in [7, 11) is 3.82. The molecule has 1 aliphatic rings. The zero-order chi connectivity index (χ0) is 15.0. The molecule has 1 aliphatic heterocycles. The third-order valence-corrected chi connectivity index (χ3v) is 4.38. The van der Waals surface area contributed by atoms with Crippen molar-refractivity contribution in [1.82, 2.24) is 19.2 Å². The fourth-order valence-corrected chi connectivity index (χ4v) is 2.89. The molecule has 1 fully saturated rings. The summed E-state index contributed by atoms with van der Waals surface area (Å²) in [6.45, 7) is 3.95. The molecule has 3 heterocycles. The van der Waals surface area contributed by atoms with E-state index >= 15 is 0 Å². The van der Waals surface area contributed by atoms with Crippen molar-refractivity contribution in [2.24, 2.45) is 20.0 Å². The van der Waals surface area contributed by atoms with E-state index in [4.69, 9.17) is 0 Å². The Bertz CT molecular complexity index is 647. The molecular weight excluding hydrogens is 264 g/mol. The number of nitrogens with zero attached hydrogens (tertiary/aromatic N) is 4. The van der Waals surface area contributed by atoms with E-state index in [1.807, 2.05) is 48.0 Å². The molecule has 0 N–H and O–H groups in total. The summed E-state index contributed by atoms with van der Waals surface area (Å²) < 4.78 is 3.71. The van der Waals surface area contributed by atoms with Crippen LogP contribution in [-0.2, 0) is 14.1 Å². The van der Waals surface area contributed by atoms with E-state index in [1.54, 1.807) is 4.68 Å². The lowest BCUT2D eigenvalue weighted by molar-refractivity contribution is 0.0686. The van der Waals surface area contributed by atoms with Gasteiger partial charge in [0.25, 0.3) is 5.91 Å². The van der Waals surface area contributed by atoms with Gasteiger partial charge in [-0.15, -0.1) is 0 Å². The highest BCUT2D eigenvalue weighted by molar-refractivity contribution is 5.93. The normalized spacial score (nSPS) is 16.4. The van der Waals surface area contributed by atoms with E-state index in [-0.39, 0.29) is 5.91 Å². The first-order chi connectivity index (χ1) is 10.1. The first-order valence-corrected chi connectivity index (χ1v) is 7.51. The van der Waals surface area contributed by atoms with Crippen molar-refractivity contribution in [2.75, 3.05) is 13.1 Å². The minimum absolute atomic E-state index is 0.0948. The van der Waals surface area contributed by atoms with Gasteiger partial charge in [-0.1, -0.05) is 6.92 Å². The summed E-state index contributed by atoms with van der Waals surface area (Å²) >= 11 is 0. The van der Waals surface area contributed by atoms with Crippen LogP contribution in [0, 0.1) is 5.92 Å². The second-order valence-electron chi connectivity index (χ2n) is 6.02. The molecule has 21 heavy (non-hydrogen) atoms. The van der Waals surface area contributed by atoms with Crippen LogP contribution in [0.2, 0.25) is 0 Å². The van der Waals surface area contributed by atoms with Gasteiger partial charge in [0.05, 0.1) is 5.69 Å². The van der Waals surface area contributed by atoms with Gasteiger partial charge in [0, 0.05) is 33.4 Å². The molecule has 0 spiro atoms. The number of piperidine rings is 1. The van der Waals surface area contributed by atoms with Crippen LogP contribution in [0.25, 0.3) is 11.4 Å². The maximum absolute atomic E-state index is 12.7. The molecule has 0 unspecified atom stereocenters. The highest BCUT2D eigenvalue weighted by Crippen LogP contribution is 2.22. The highest BCUT2D eigenvalue weighted by atomic mass is 16.2. The van der Waals surface area contributed by atoms with Gasteiger partial charge in [0.1, 0.15) is 11.4 Å². The van der Waals surface area contributed by atoms with Crippen molar-refractivity contribution in [3.63, 3.8) is 0 Å². The molecule has 1 saturated heterocycles. The average Bonchev–Trinajstić information content (AvgIpc) is 3.05. The summed E-state index contributed by atoms with van der Waals surface area (Å²) in [6, 6.07) is 5.90. The molecule has 0 saturated carbocycles. The fourth-order valence-electron chi connectivity index (χ4n) is 2.89. The van der Waals surface area contributed by atoms with Crippen molar-refractivity contribution in [3.05, 3.63) is 30.1 Å². The van der Waals surface area contributed by atoms with E-state index in [9.17, 15) is 4.79 Å². The first kappa shape index (κ1) is 13.9. The third kappa shape index (κ3) is 2.60. The van der Waals surface area contributed by atoms with E-state index in [1.165, 1.54) is 0 Å². The molecule has 2 aromatic heterocycles. The number of likely N-dealkylation sites (tertiary alicyclic amines) is 1. The fraction of sp³-hybridized carbons (Fsp3) is 0.500. The average molecular weight is 286 g/mol. The maximum Gasteiger partial charge on any atom is 0.272 e. The Morgan fingerprint density at radius 1 is 1.29 bits per heavy atom. The van der Waals surface area contributed by atoms with Crippen LogP contribution in [0.1, 0.15) is 30.3 Å². The second kappa shape index (κ2) is 5.39. The van der Waals surface area contributed by atoms with Gasteiger partial charge in [-0.3, -0.25) is 9.48 Å². The minimum Gasteiger partial charge on any atom is -0.349 e. The van der Waals surface area contributed by atoms with E-state index in [2.05, 4.69) is 12.0 Å². The van der Waals surface area contributed by atoms with E-state index < -0.39 is 0 Å². The molecule has 0 aromatic carbocycles. The summed E-state index contributed by atoms with van der Waals surface area (Å²) in [4.78, 5) is 14.6. The number of rotatable bonds is 2. The maximum atomic E-state index is 12.7. The zero-order valence-electron chi connectivity index (χ0n) is 12.9. The van der Waals surface area contributed by atoms with Gasteiger partial charge in [-0.05, 0) is 37.0 Å². The van der Waals surface area contributed by atoms with Gasteiger partial charge in [-0.25, -0.2) is 0 Å². The molecule has 0 radical (unpaired) electrons. The smallest absolute Gasteiger partial charge is 0.272 e. The van der Waals surface area contributed by atoms with Crippen LogP contribution in [0.5, 0.6) is 0 Å². The van der Waals surface area contributed by atoms with Crippen molar-refractivity contribution in [3.8, 4) is 11.4 Å². The summed E-state index contributed by atoms with van der Waals surface area (Å²) in [6.07, 6.45) is 4.17. The number of amides is 1. The van der Waals surface area contributed by atoms with Gasteiger partial charge < -0.3 is 9.47 Å². The lowest BCUT2D eigenvalue weighted by Gasteiger charge is -2.30. The number of hydrogen-bond donors (Lipinski definition) is 0. The first-order valence-electron chi connectivity index (χ1n) is 7.51. The molecule has 1 amide bonds. The molecule has 5 nitrogen and oxygen atoms in total. The van der Waals surface area contributed by atoms with Crippen LogP contribution in [-0.4, -0.2) is 38.2 Å². The number of carbonyl (C=O) groups is 1. The van der Waals surface area contributed by atoms with Gasteiger partial charge >= 0.3 is 0 Å². The topological polar surface area (TPSA) is 43.1 Å². The molecule has 0 atom stereocenters. The van der Waals surface area contributed by atoms with Crippen LogP contribution in [0.15, 0.2) is 24.4 Å². The minimum atomic E-state index is 0.0948. The Hall–Kier alpha value is -2.04. The number of aromatic nitrogens is 3. The predicted octanol–water partition coefficient (Wildman–Crippen LogP) is 2.30. The largest absolute Gasteiger partial charge is 0.349 e. The van der Waals surface area contributed by atoms with Gasteiger partial charge in [0.2, 0.25) is 0 Å². The Kier molecular flexibility index (Phi) is 3.57. The molecule has 3 rings (SSSR count). The summed E-state index contributed by atoms with van der Waals surface area (Å²) in [5, 5.41) is 4.49. The molecule has 112 valence electrons. The van der Waals surface area contributed by atoms with Crippen LogP contribution >= 0.6 is 0 Å². The third-order valence-electron chi connectivity index (χ3n) is 4.38. The quantitative estimate of drug-likeness (QED) is 0.850. The zero-order valence-corrected chi connectivity index (χ0v) is 12.9. The highest BCUT2D eigenvalue weighted by Gasteiger charge is 2.24. The molecule has 0 bridgehead atoms. The van der Waals surface area contributed by atoms with Crippen LogP contribution < -0.4 is 0 Å². The molecule has 5 heteroatoms. The monoisotopic (exact) mass is 286 g/mol. The van der Waals surface area contributed by atoms with E-state index in [0.29, 0.717) is 5.69 Å². The van der Waals surface area contributed by atoms with Crippen molar-refractivity contribution in [2.45, 2.75) is 19.8 Å². The number of aryl methyl sites for hydroxylation is 2. The lowest BCUT2D eigenvalue weighted by Crippen LogP contribution is -2.38. The van der Waals surface area contributed by atoms with Gasteiger partial charge in [0.15, 0.2) is 0 Å².